The highest BCUT2D eigenvalue weighted by molar-refractivity contribution is 5.87. The van der Waals surface area contributed by atoms with Crippen molar-refractivity contribution in [2.24, 2.45) is 0 Å². The minimum atomic E-state index is -0.932. The lowest BCUT2D eigenvalue weighted by atomic mass is 9.96. The van der Waals surface area contributed by atoms with Crippen molar-refractivity contribution in [1.29, 1.82) is 0 Å². The van der Waals surface area contributed by atoms with E-state index >= 15 is 0 Å². The van der Waals surface area contributed by atoms with Gasteiger partial charge in [-0.05, 0) is 79.1 Å². The summed E-state index contributed by atoms with van der Waals surface area (Å²) in [6, 6.07) is 21.2. The summed E-state index contributed by atoms with van der Waals surface area (Å²) in [7, 11) is 0. The number of likely N-dealkylation sites (tertiary alicyclic amines) is 1. The fourth-order valence-electron chi connectivity index (χ4n) is 4.89. The number of carboxylic acid groups (broad SMARTS) is 1. The van der Waals surface area contributed by atoms with E-state index < -0.39 is 12.1 Å². The Kier molecular flexibility index (Phi) is 8.01. The first-order chi connectivity index (χ1) is 17.3. The molecule has 0 aromatic heterocycles. The summed E-state index contributed by atoms with van der Waals surface area (Å²) in [6.45, 7) is 4.81. The number of amides is 1. The second-order valence-electron chi connectivity index (χ2n) is 9.57. The normalized spacial score (nSPS) is 16.6. The Morgan fingerprint density at radius 1 is 1.08 bits per heavy atom. The number of hydrogen-bond donors (Lipinski definition) is 2. The average molecular weight is 484 g/mol. The molecule has 0 aliphatic carbocycles. The van der Waals surface area contributed by atoms with Crippen LogP contribution in [0.15, 0.2) is 78.9 Å². The molecule has 0 spiro atoms. The van der Waals surface area contributed by atoms with E-state index in [4.69, 9.17) is 5.11 Å². The first kappa shape index (κ1) is 25.4. The summed E-state index contributed by atoms with van der Waals surface area (Å²) < 4.78 is 0. The van der Waals surface area contributed by atoms with Gasteiger partial charge in [-0.1, -0.05) is 66.2 Å². The lowest BCUT2D eigenvalue weighted by Gasteiger charge is -2.23. The van der Waals surface area contributed by atoms with E-state index in [1.807, 2.05) is 41.3 Å². The number of carboxylic acids is 1. The van der Waals surface area contributed by atoms with Crippen LogP contribution in [0.5, 0.6) is 0 Å². The van der Waals surface area contributed by atoms with E-state index in [1.54, 1.807) is 18.2 Å². The molecule has 1 fully saturated rings. The van der Waals surface area contributed by atoms with Gasteiger partial charge in [0.05, 0.1) is 17.7 Å². The average Bonchev–Trinajstić information content (AvgIpc) is 3.22. The van der Waals surface area contributed by atoms with E-state index in [0.717, 1.165) is 41.5 Å². The Morgan fingerprint density at radius 3 is 2.58 bits per heavy atom. The first-order valence-electron chi connectivity index (χ1n) is 12.5. The molecular formula is C31H33NO4. The number of rotatable bonds is 9. The van der Waals surface area contributed by atoms with Crippen molar-refractivity contribution in [3.63, 3.8) is 0 Å². The Bertz CT molecular complexity index is 1260. The Balaban J connectivity index is 1.37. The van der Waals surface area contributed by atoms with Gasteiger partial charge in [-0.3, -0.25) is 4.79 Å². The van der Waals surface area contributed by atoms with E-state index in [-0.39, 0.29) is 17.5 Å². The van der Waals surface area contributed by atoms with Crippen LogP contribution in [0.3, 0.4) is 0 Å². The molecule has 0 saturated carbocycles. The van der Waals surface area contributed by atoms with Crippen molar-refractivity contribution >= 4 is 11.9 Å². The largest absolute Gasteiger partial charge is 0.478 e. The van der Waals surface area contributed by atoms with E-state index in [9.17, 15) is 14.7 Å². The summed E-state index contributed by atoms with van der Waals surface area (Å²) in [5, 5.41) is 19.9. The van der Waals surface area contributed by atoms with Gasteiger partial charge in [0.15, 0.2) is 0 Å². The smallest absolute Gasteiger partial charge is 0.335 e. The highest BCUT2D eigenvalue weighted by Gasteiger charge is 2.28. The molecule has 1 heterocycles. The fraction of sp³-hybridized carbons (Fsp3) is 0.290. The van der Waals surface area contributed by atoms with Crippen LogP contribution in [-0.2, 0) is 11.2 Å². The second-order valence-corrected chi connectivity index (χ2v) is 9.57. The van der Waals surface area contributed by atoms with Gasteiger partial charge >= 0.3 is 5.97 Å². The Hall–Kier alpha value is -3.70. The van der Waals surface area contributed by atoms with Gasteiger partial charge in [-0.15, -0.1) is 0 Å². The number of hydrogen-bond acceptors (Lipinski definition) is 3. The zero-order chi connectivity index (χ0) is 25.7. The third-order valence-corrected chi connectivity index (χ3v) is 6.88. The molecule has 186 valence electrons. The second kappa shape index (κ2) is 11.4. The van der Waals surface area contributed by atoms with Crippen LogP contribution in [0.2, 0.25) is 0 Å². The fourth-order valence-corrected chi connectivity index (χ4v) is 4.89. The molecule has 1 saturated heterocycles. The van der Waals surface area contributed by atoms with Crippen LogP contribution < -0.4 is 0 Å². The predicted molar refractivity (Wildman–Crippen MR) is 142 cm³/mol. The number of carbonyl (C=O) groups excluding carboxylic acids is 1. The van der Waals surface area contributed by atoms with Gasteiger partial charge in [0.1, 0.15) is 0 Å². The molecule has 3 aromatic carbocycles. The Morgan fingerprint density at radius 2 is 1.86 bits per heavy atom. The third kappa shape index (κ3) is 6.10. The van der Waals surface area contributed by atoms with Gasteiger partial charge in [-0.25, -0.2) is 4.79 Å². The summed E-state index contributed by atoms with van der Waals surface area (Å²) in [4.78, 5) is 25.4. The van der Waals surface area contributed by atoms with E-state index in [1.165, 1.54) is 11.1 Å². The summed E-state index contributed by atoms with van der Waals surface area (Å²) >= 11 is 0. The minimum absolute atomic E-state index is 0.0240. The third-order valence-electron chi connectivity index (χ3n) is 6.88. The number of aliphatic hydroxyl groups is 1. The summed E-state index contributed by atoms with van der Waals surface area (Å²) in [5.74, 6) is -0.796. The van der Waals surface area contributed by atoms with Crippen molar-refractivity contribution in [3.05, 3.63) is 107 Å². The Labute approximate surface area is 212 Å². The molecular weight excluding hydrogens is 450 g/mol. The zero-order valence-corrected chi connectivity index (χ0v) is 20.9. The summed E-state index contributed by atoms with van der Waals surface area (Å²) in [5.41, 5.74) is 6.81. The molecule has 1 amide bonds. The van der Waals surface area contributed by atoms with Gasteiger partial charge < -0.3 is 15.1 Å². The van der Waals surface area contributed by atoms with Crippen LogP contribution in [0.4, 0.5) is 0 Å². The summed E-state index contributed by atoms with van der Waals surface area (Å²) in [6.07, 6.45) is 5.83. The molecule has 4 rings (SSSR count). The first-order valence-corrected chi connectivity index (χ1v) is 12.5. The van der Waals surface area contributed by atoms with E-state index in [2.05, 4.69) is 38.1 Å². The predicted octanol–water partition coefficient (Wildman–Crippen LogP) is 5.88. The van der Waals surface area contributed by atoms with Crippen molar-refractivity contribution in [1.82, 2.24) is 4.90 Å². The number of benzene rings is 3. The lowest BCUT2D eigenvalue weighted by Crippen LogP contribution is -2.33. The molecule has 1 aliphatic rings. The van der Waals surface area contributed by atoms with Crippen LogP contribution in [-0.4, -0.2) is 39.6 Å². The molecule has 0 bridgehead atoms. The molecule has 5 heteroatoms. The quantitative estimate of drug-likeness (QED) is 0.373. The van der Waals surface area contributed by atoms with Crippen molar-refractivity contribution in [3.8, 4) is 11.1 Å². The van der Waals surface area contributed by atoms with Gasteiger partial charge in [0.2, 0.25) is 5.91 Å². The zero-order valence-electron chi connectivity index (χ0n) is 20.9. The maximum atomic E-state index is 12.5. The topological polar surface area (TPSA) is 77.8 Å². The van der Waals surface area contributed by atoms with Gasteiger partial charge in [-0.2, -0.15) is 0 Å². The highest BCUT2D eigenvalue weighted by Crippen LogP contribution is 2.28. The number of aliphatic hydroxyl groups excluding tert-OH is 1. The number of aromatic carboxylic acids is 1. The van der Waals surface area contributed by atoms with Crippen LogP contribution >= 0.6 is 0 Å². The van der Waals surface area contributed by atoms with Gasteiger partial charge in [0, 0.05) is 13.0 Å². The number of aryl methyl sites for hydroxylation is 3. The van der Waals surface area contributed by atoms with Crippen molar-refractivity contribution in [2.75, 3.05) is 6.54 Å². The molecule has 2 atom stereocenters. The maximum absolute atomic E-state index is 12.5. The maximum Gasteiger partial charge on any atom is 0.335 e. The van der Waals surface area contributed by atoms with Crippen LogP contribution in [0, 0.1) is 13.8 Å². The molecule has 1 aliphatic heterocycles. The van der Waals surface area contributed by atoms with Crippen LogP contribution in [0.25, 0.3) is 11.1 Å². The highest BCUT2D eigenvalue weighted by atomic mass is 16.4. The van der Waals surface area contributed by atoms with Crippen LogP contribution in [0.1, 0.15) is 58.0 Å². The molecule has 36 heavy (non-hydrogen) atoms. The molecule has 2 N–H and O–H groups in total. The standard InChI is InChI=1S/C31H33NO4/c1-21-8-15-28(22(2)19-21)25-6-3-7-26(20-25)29(33)16-13-27-14-17-30(34)32(27)18-4-5-23-9-11-24(12-10-23)31(35)36/h3,6-13,15-16,19-20,27,29,33H,4-5,14,17-18H2,1-2H3,(H,35,36)/b16-13+. The molecule has 3 aromatic rings. The molecule has 5 nitrogen and oxygen atoms in total. The SMILES string of the molecule is Cc1ccc(-c2cccc(C(O)/C=C/C3CCC(=O)N3CCCc3ccc(C(=O)O)cc3)c2)c(C)c1. The van der Waals surface area contributed by atoms with Gasteiger partial charge in [0.25, 0.3) is 0 Å². The van der Waals surface area contributed by atoms with E-state index in [0.29, 0.717) is 13.0 Å². The molecule has 0 radical (unpaired) electrons. The van der Waals surface area contributed by atoms with Crippen molar-refractivity contribution < 1.29 is 19.8 Å². The van der Waals surface area contributed by atoms with Crippen molar-refractivity contribution in [2.45, 2.75) is 51.7 Å². The molecule has 2 unspecified atom stereocenters. The lowest BCUT2D eigenvalue weighted by molar-refractivity contribution is -0.128. The number of carbonyl (C=O) groups is 2. The number of nitrogens with zero attached hydrogens (tertiary/aromatic N) is 1. The monoisotopic (exact) mass is 483 g/mol. The minimum Gasteiger partial charge on any atom is -0.478 e.